The summed E-state index contributed by atoms with van der Waals surface area (Å²) < 4.78 is 1.92. The first-order valence-corrected chi connectivity index (χ1v) is 5.99. The molecule has 0 bridgehead atoms. The van der Waals surface area contributed by atoms with Gasteiger partial charge in [-0.15, -0.1) is 10.2 Å². The highest BCUT2D eigenvalue weighted by atomic mass is 16.6. The van der Waals surface area contributed by atoms with Crippen LogP contribution in [0.2, 0.25) is 0 Å². The van der Waals surface area contributed by atoms with E-state index in [0.717, 1.165) is 5.82 Å². The maximum absolute atomic E-state index is 11.3. The molecular formula is C10H12N8O2. The Kier molecular flexibility index (Phi) is 2.89. The number of anilines is 2. The summed E-state index contributed by atoms with van der Waals surface area (Å²) in [7, 11) is 1.59. The van der Waals surface area contributed by atoms with Crippen LogP contribution in [0, 0.1) is 10.1 Å². The second kappa shape index (κ2) is 4.72. The number of nitro groups is 1. The quantitative estimate of drug-likeness (QED) is 0.617. The van der Waals surface area contributed by atoms with Crippen LogP contribution in [0.3, 0.4) is 0 Å². The van der Waals surface area contributed by atoms with Crippen molar-refractivity contribution in [2.45, 2.75) is 13.1 Å². The van der Waals surface area contributed by atoms with E-state index >= 15 is 0 Å². The first kappa shape index (κ1) is 12.3. The highest BCUT2D eigenvalue weighted by molar-refractivity contribution is 5.70. The molecule has 10 nitrogen and oxygen atoms in total. The SMILES string of the molecule is CNc1ncnc(N2CCn3cnnc3C2)c1[N+](=O)[O-]. The topological polar surface area (TPSA) is 115 Å². The zero-order valence-electron chi connectivity index (χ0n) is 10.7. The molecule has 1 aliphatic heterocycles. The van der Waals surface area contributed by atoms with E-state index < -0.39 is 4.92 Å². The van der Waals surface area contributed by atoms with Crippen molar-refractivity contribution in [2.75, 3.05) is 23.8 Å². The molecule has 104 valence electrons. The molecule has 0 aromatic carbocycles. The second-order valence-electron chi connectivity index (χ2n) is 4.26. The maximum atomic E-state index is 11.3. The van der Waals surface area contributed by atoms with E-state index in [0.29, 0.717) is 25.5 Å². The van der Waals surface area contributed by atoms with Gasteiger partial charge in [0.05, 0.1) is 11.5 Å². The lowest BCUT2D eigenvalue weighted by Gasteiger charge is -2.27. The Morgan fingerprint density at radius 1 is 1.40 bits per heavy atom. The monoisotopic (exact) mass is 276 g/mol. The minimum absolute atomic E-state index is 0.122. The van der Waals surface area contributed by atoms with Gasteiger partial charge in [0, 0.05) is 20.1 Å². The molecule has 10 heteroatoms. The van der Waals surface area contributed by atoms with Gasteiger partial charge in [-0.05, 0) is 0 Å². The molecule has 2 aromatic rings. The van der Waals surface area contributed by atoms with Gasteiger partial charge in [-0.25, -0.2) is 9.97 Å². The molecule has 0 fully saturated rings. The Labute approximate surface area is 113 Å². The largest absolute Gasteiger partial charge is 0.367 e. The first-order valence-electron chi connectivity index (χ1n) is 5.99. The third kappa shape index (κ3) is 1.90. The molecule has 0 unspecified atom stereocenters. The molecule has 0 aliphatic carbocycles. The zero-order chi connectivity index (χ0) is 14.1. The van der Waals surface area contributed by atoms with Crippen molar-refractivity contribution in [2.24, 2.45) is 0 Å². The first-order chi connectivity index (χ1) is 9.70. The number of nitrogens with one attached hydrogen (secondary N) is 1. The van der Waals surface area contributed by atoms with Crippen LogP contribution >= 0.6 is 0 Å². The van der Waals surface area contributed by atoms with E-state index in [1.165, 1.54) is 6.33 Å². The molecule has 0 spiro atoms. The second-order valence-corrected chi connectivity index (χ2v) is 4.26. The van der Waals surface area contributed by atoms with Crippen molar-refractivity contribution in [3.05, 3.63) is 28.6 Å². The van der Waals surface area contributed by atoms with Crippen LogP contribution in [0.1, 0.15) is 5.82 Å². The number of aromatic nitrogens is 5. The molecule has 3 heterocycles. The van der Waals surface area contributed by atoms with E-state index in [1.807, 2.05) is 9.47 Å². The van der Waals surface area contributed by atoms with Crippen LogP contribution in [0.4, 0.5) is 17.3 Å². The van der Waals surface area contributed by atoms with Gasteiger partial charge in [-0.1, -0.05) is 0 Å². The molecule has 3 rings (SSSR count). The predicted molar refractivity (Wildman–Crippen MR) is 69.3 cm³/mol. The van der Waals surface area contributed by atoms with Crippen LogP contribution < -0.4 is 10.2 Å². The van der Waals surface area contributed by atoms with Crippen molar-refractivity contribution in [1.29, 1.82) is 0 Å². The highest BCUT2D eigenvalue weighted by Crippen LogP contribution is 2.32. The van der Waals surface area contributed by atoms with Crippen molar-refractivity contribution >= 4 is 17.3 Å². The summed E-state index contributed by atoms with van der Waals surface area (Å²) in [5.74, 6) is 1.26. The smallest absolute Gasteiger partial charge is 0.353 e. The highest BCUT2D eigenvalue weighted by Gasteiger charge is 2.29. The van der Waals surface area contributed by atoms with Crippen molar-refractivity contribution in [1.82, 2.24) is 24.7 Å². The Bertz CT molecular complexity index is 654. The van der Waals surface area contributed by atoms with Gasteiger partial charge in [0.2, 0.25) is 11.6 Å². The number of nitrogens with zero attached hydrogens (tertiary/aromatic N) is 7. The Balaban J connectivity index is 2.01. The summed E-state index contributed by atoms with van der Waals surface area (Å²) >= 11 is 0. The van der Waals surface area contributed by atoms with Crippen LogP contribution in [0.5, 0.6) is 0 Å². The zero-order valence-corrected chi connectivity index (χ0v) is 10.7. The molecule has 0 atom stereocenters. The van der Waals surface area contributed by atoms with Gasteiger partial charge in [-0.2, -0.15) is 0 Å². The molecule has 2 aromatic heterocycles. The number of hydrogen-bond acceptors (Lipinski definition) is 8. The van der Waals surface area contributed by atoms with E-state index in [9.17, 15) is 10.1 Å². The summed E-state index contributed by atoms with van der Waals surface area (Å²) in [4.78, 5) is 20.6. The average Bonchev–Trinajstić information content (AvgIpc) is 2.93. The number of hydrogen-bond donors (Lipinski definition) is 1. The van der Waals surface area contributed by atoms with Crippen LogP contribution in [0.15, 0.2) is 12.7 Å². The molecule has 1 aliphatic rings. The van der Waals surface area contributed by atoms with E-state index in [1.54, 1.807) is 13.4 Å². The molecule has 1 N–H and O–H groups in total. The van der Waals surface area contributed by atoms with Gasteiger partial charge in [0.15, 0.2) is 5.82 Å². The van der Waals surface area contributed by atoms with E-state index in [4.69, 9.17) is 0 Å². The fourth-order valence-corrected chi connectivity index (χ4v) is 2.20. The summed E-state index contributed by atoms with van der Waals surface area (Å²) in [6.45, 7) is 1.70. The lowest BCUT2D eigenvalue weighted by Crippen LogP contribution is -2.34. The molecule has 0 amide bonds. The number of fused-ring (bicyclic) bond motifs is 1. The Morgan fingerprint density at radius 2 is 2.25 bits per heavy atom. The fraction of sp³-hybridized carbons (Fsp3) is 0.400. The van der Waals surface area contributed by atoms with Crippen LogP contribution in [-0.2, 0) is 13.1 Å². The minimum Gasteiger partial charge on any atom is -0.367 e. The molecule has 0 saturated carbocycles. The van der Waals surface area contributed by atoms with Crippen molar-refractivity contribution < 1.29 is 4.92 Å². The lowest BCUT2D eigenvalue weighted by atomic mass is 10.3. The van der Waals surface area contributed by atoms with Crippen LogP contribution in [-0.4, -0.2) is 43.2 Å². The van der Waals surface area contributed by atoms with E-state index in [-0.39, 0.29) is 11.5 Å². The normalized spacial score (nSPS) is 13.9. The average molecular weight is 276 g/mol. The summed E-state index contributed by atoms with van der Waals surface area (Å²) in [6, 6.07) is 0. The maximum Gasteiger partial charge on any atom is 0.353 e. The summed E-state index contributed by atoms with van der Waals surface area (Å²) in [5, 5.41) is 21.8. The molecule has 0 radical (unpaired) electrons. The number of rotatable bonds is 3. The Morgan fingerprint density at radius 3 is 3.00 bits per heavy atom. The van der Waals surface area contributed by atoms with Gasteiger partial charge in [0.1, 0.15) is 12.7 Å². The van der Waals surface area contributed by atoms with E-state index in [2.05, 4.69) is 25.5 Å². The third-order valence-corrected chi connectivity index (χ3v) is 3.16. The van der Waals surface area contributed by atoms with Gasteiger partial charge < -0.3 is 14.8 Å². The fourth-order valence-electron chi connectivity index (χ4n) is 2.20. The minimum atomic E-state index is -0.472. The molecule has 20 heavy (non-hydrogen) atoms. The summed E-state index contributed by atoms with van der Waals surface area (Å²) in [6.07, 6.45) is 2.97. The standard InChI is InChI=1S/C10H12N8O2/c1-11-9-8(18(19)20)10(13-5-12-9)16-2-3-17-6-14-15-7(17)4-16/h5-6H,2-4H2,1H3,(H,11,12,13). The Hall–Kier alpha value is -2.78. The van der Waals surface area contributed by atoms with Gasteiger partial charge in [-0.3, -0.25) is 10.1 Å². The summed E-state index contributed by atoms with van der Waals surface area (Å²) in [5.41, 5.74) is -0.122. The lowest BCUT2D eigenvalue weighted by molar-refractivity contribution is -0.383. The van der Waals surface area contributed by atoms with Crippen LogP contribution in [0.25, 0.3) is 0 Å². The predicted octanol–water partition coefficient (Wildman–Crippen LogP) is 0.0382. The molecular weight excluding hydrogens is 264 g/mol. The van der Waals surface area contributed by atoms with Crippen molar-refractivity contribution in [3.63, 3.8) is 0 Å². The van der Waals surface area contributed by atoms with Gasteiger partial charge >= 0.3 is 5.69 Å². The van der Waals surface area contributed by atoms with Gasteiger partial charge in [0.25, 0.3) is 0 Å². The van der Waals surface area contributed by atoms with Crippen molar-refractivity contribution in [3.8, 4) is 0 Å². The third-order valence-electron chi connectivity index (χ3n) is 3.16. The molecule has 0 saturated heterocycles.